The van der Waals surface area contributed by atoms with Gasteiger partial charge in [-0.15, -0.1) is 0 Å². The smallest absolute Gasteiger partial charge is 0.00743 e. The first-order chi connectivity index (χ1) is 5.42. The normalized spacial score (nSPS) is 41.4. The molecule has 1 fully saturated rings. The van der Waals surface area contributed by atoms with Crippen LogP contribution in [0.3, 0.4) is 0 Å². The van der Waals surface area contributed by atoms with Crippen LogP contribution in [0.2, 0.25) is 0 Å². The van der Waals surface area contributed by atoms with E-state index in [2.05, 4.69) is 12.2 Å². The molecule has 0 aromatic heterocycles. The first kappa shape index (κ1) is 7.35. The monoisotopic (exact) mass is 151 g/mol. The van der Waals surface area contributed by atoms with Crippen molar-refractivity contribution in [2.75, 3.05) is 6.54 Å². The van der Waals surface area contributed by atoms with Crippen molar-refractivity contribution >= 4 is 0 Å². The Labute approximate surface area is 68.7 Å². The van der Waals surface area contributed by atoms with E-state index in [9.17, 15) is 0 Å². The van der Waals surface area contributed by atoms with Crippen molar-refractivity contribution in [1.29, 1.82) is 0 Å². The molecule has 0 heterocycles. The lowest BCUT2D eigenvalue weighted by molar-refractivity contribution is 0.317. The van der Waals surface area contributed by atoms with Gasteiger partial charge in [0.25, 0.3) is 0 Å². The molecule has 2 N–H and O–H groups in total. The van der Waals surface area contributed by atoms with Crippen LogP contribution in [0, 0.1) is 17.8 Å². The molecule has 1 nitrogen and oxygen atoms in total. The molecule has 11 heavy (non-hydrogen) atoms. The maximum atomic E-state index is 5.59. The molecule has 0 aromatic carbocycles. The van der Waals surface area contributed by atoms with Crippen molar-refractivity contribution in [1.82, 2.24) is 0 Å². The summed E-state index contributed by atoms with van der Waals surface area (Å²) in [5.41, 5.74) is 5.59. The fourth-order valence-corrected chi connectivity index (χ4v) is 2.79. The highest BCUT2D eigenvalue weighted by atomic mass is 14.5. The fraction of sp³-hybridized carbons (Fsp3) is 0.800. The second-order valence-corrected chi connectivity index (χ2v) is 3.91. The lowest BCUT2D eigenvalue weighted by Gasteiger charge is -2.25. The van der Waals surface area contributed by atoms with Gasteiger partial charge in [-0.2, -0.15) is 0 Å². The van der Waals surface area contributed by atoms with E-state index in [1.165, 1.54) is 25.7 Å². The molecule has 3 atom stereocenters. The van der Waals surface area contributed by atoms with Crippen LogP contribution >= 0.6 is 0 Å². The lowest BCUT2D eigenvalue weighted by Crippen LogP contribution is -2.20. The van der Waals surface area contributed by atoms with E-state index < -0.39 is 0 Å². The average molecular weight is 151 g/mol. The predicted octanol–water partition coefficient (Wildman–Crippen LogP) is 1.94. The number of hydrogen-bond donors (Lipinski definition) is 1. The molecule has 1 saturated carbocycles. The third-order valence-corrected chi connectivity index (χ3v) is 3.35. The molecule has 0 amide bonds. The number of allylic oxidation sites excluding steroid dienone is 2. The van der Waals surface area contributed by atoms with Gasteiger partial charge < -0.3 is 5.73 Å². The van der Waals surface area contributed by atoms with E-state index >= 15 is 0 Å². The van der Waals surface area contributed by atoms with Crippen LogP contribution in [0.5, 0.6) is 0 Å². The maximum absolute atomic E-state index is 5.59. The first-order valence-corrected chi connectivity index (χ1v) is 4.78. The van der Waals surface area contributed by atoms with Crippen LogP contribution in [-0.2, 0) is 0 Å². The molecular weight excluding hydrogens is 134 g/mol. The Morgan fingerprint density at radius 2 is 2.27 bits per heavy atom. The van der Waals surface area contributed by atoms with Crippen LogP contribution < -0.4 is 5.73 Å². The van der Waals surface area contributed by atoms with Gasteiger partial charge in [0, 0.05) is 0 Å². The van der Waals surface area contributed by atoms with Crippen LogP contribution in [0.1, 0.15) is 25.7 Å². The van der Waals surface area contributed by atoms with Gasteiger partial charge in [-0.3, -0.25) is 0 Å². The number of nitrogens with two attached hydrogens (primary N) is 1. The van der Waals surface area contributed by atoms with Gasteiger partial charge in [-0.25, -0.2) is 0 Å². The first-order valence-electron chi connectivity index (χ1n) is 4.78. The second-order valence-electron chi connectivity index (χ2n) is 3.91. The van der Waals surface area contributed by atoms with Gasteiger partial charge in [0.2, 0.25) is 0 Å². The minimum Gasteiger partial charge on any atom is -0.330 e. The Balaban J connectivity index is 2.05. The number of rotatable bonds is 2. The molecule has 0 aromatic rings. The SMILES string of the molecule is NCCC1C2C=CCC1CC2. The highest BCUT2D eigenvalue weighted by Crippen LogP contribution is 2.44. The minimum atomic E-state index is 0.880. The van der Waals surface area contributed by atoms with E-state index in [4.69, 9.17) is 5.73 Å². The highest BCUT2D eigenvalue weighted by Gasteiger charge is 2.35. The van der Waals surface area contributed by atoms with Crippen LogP contribution in [-0.4, -0.2) is 6.54 Å². The Kier molecular flexibility index (Phi) is 1.99. The predicted molar refractivity (Wildman–Crippen MR) is 47.1 cm³/mol. The van der Waals surface area contributed by atoms with E-state index in [1.807, 2.05) is 0 Å². The Morgan fingerprint density at radius 3 is 3.00 bits per heavy atom. The number of hydrogen-bond acceptors (Lipinski definition) is 1. The lowest BCUT2D eigenvalue weighted by atomic mass is 9.81. The Hall–Kier alpha value is -0.300. The fourth-order valence-electron chi connectivity index (χ4n) is 2.79. The van der Waals surface area contributed by atoms with Crippen molar-refractivity contribution in [3.8, 4) is 0 Å². The zero-order chi connectivity index (χ0) is 7.68. The minimum absolute atomic E-state index is 0.880. The van der Waals surface area contributed by atoms with Gasteiger partial charge >= 0.3 is 0 Å². The summed E-state index contributed by atoms with van der Waals surface area (Å²) in [4.78, 5) is 0. The summed E-state index contributed by atoms with van der Waals surface area (Å²) in [5, 5.41) is 0. The Bertz CT molecular complexity index is 162. The molecule has 3 unspecified atom stereocenters. The summed E-state index contributed by atoms with van der Waals surface area (Å²) < 4.78 is 0. The van der Waals surface area contributed by atoms with Crippen LogP contribution in [0.15, 0.2) is 12.2 Å². The highest BCUT2D eigenvalue weighted by molar-refractivity contribution is 5.04. The summed E-state index contributed by atoms with van der Waals surface area (Å²) in [6, 6.07) is 0. The van der Waals surface area contributed by atoms with Crippen LogP contribution in [0.25, 0.3) is 0 Å². The molecule has 2 aliphatic rings. The quantitative estimate of drug-likeness (QED) is 0.600. The van der Waals surface area contributed by atoms with Gasteiger partial charge in [0.05, 0.1) is 0 Å². The number of fused-ring (bicyclic) bond motifs is 2. The largest absolute Gasteiger partial charge is 0.330 e. The van der Waals surface area contributed by atoms with Gasteiger partial charge in [0.15, 0.2) is 0 Å². The summed E-state index contributed by atoms with van der Waals surface area (Å²) in [6.07, 6.45) is 10.2. The van der Waals surface area contributed by atoms with Crippen molar-refractivity contribution in [2.45, 2.75) is 25.7 Å². The van der Waals surface area contributed by atoms with E-state index in [1.54, 1.807) is 0 Å². The second kappa shape index (κ2) is 2.98. The molecule has 0 aliphatic heterocycles. The molecule has 0 saturated heterocycles. The van der Waals surface area contributed by atoms with Crippen molar-refractivity contribution in [2.24, 2.45) is 23.5 Å². The van der Waals surface area contributed by atoms with Crippen molar-refractivity contribution in [3.05, 3.63) is 12.2 Å². The van der Waals surface area contributed by atoms with E-state index in [0.717, 1.165) is 24.3 Å². The summed E-state index contributed by atoms with van der Waals surface area (Å²) in [5.74, 6) is 2.80. The van der Waals surface area contributed by atoms with Gasteiger partial charge in [-0.05, 0) is 50.0 Å². The van der Waals surface area contributed by atoms with Gasteiger partial charge in [-0.1, -0.05) is 12.2 Å². The molecule has 1 heteroatoms. The van der Waals surface area contributed by atoms with Gasteiger partial charge in [0.1, 0.15) is 0 Å². The molecule has 62 valence electrons. The van der Waals surface area contributed by atoms with E-state index in [0.29, 0.717) is 0 Å². The topological polar surface area (TPSA) is 26.0 Å². The summed E-state index contributed by atoms with van der Waals surface area (Å²) in [6.45, 7) is 0.880. The van der Waals surface area contributed by atoms with Crippen molar-refractivity contribution in [3.63, 3.8) is 0 Å². The molecular formula is C10H17N. The summed E-state index contributed by atoms with van der Waals surface area (Å²) in [7, 11) is 0. The third-order valence-electron chi connectivity index (χ3n) is 3.35. The average Bonchev–Trinajstić information content (AvgIpc) is 2.30. The standard InChI is InChI=1S/C10H17N/c11-7-6-10-8-2-1-3-9(10)5-4-8/h1-2,8-10H,3-7,11H2. The third kappa shape index (κ3) is 1.22. The summed E-state index contributed by atoms with van der Waals surface area (Å²) >= 11 is 0. The van der Waals surface area contributed by atoms with Crippen LogP contribution in [0.4, 0.5) is 0 Å². The van der Waals surface area contributed by atoms with Crippen molar-refractivity contribution < 1.29 is 0 Å². The molecule has 0 spiro atoms. The molecule has 0 radical (unpaired) electrons. The molecule has 2 aliphatic carbocycles. The zero-order valence-electron chi connectivity index (χ0n) is 7.00. The maximum Gasteiger partial charge on any atom is -0.00743 e. The molecule has 2 bridgehead atoms. The van der Waals surface area contributed by atoms with E-state index in [-0.39, 0.29) is 0 Å². The Morgan fingerprint density at radius 1 is 1.36 bits per heavy atom. The zero-order valence-corrected chi connectivity index (χ0v) is 7.00. The molecule has 2 rings (SSSR count).